The van der Waals surface area contributed by atoms with Crippen molar-refractivity contribution in [2.75, 3.05) is 26.7 Å². The number of ether oxygens (including phenoxy) is 1. The van der Waals surface area contributed by atoms with Crippen molar-refractivity contribution >= 4 is 5.91 Å². The first-order valence-corrected chi connectivity index (χ1v) is 7.50. The average molecular weight is 332 g/mol. The number of alkyl halides is 3. The van der Waals surface area contributed by atoms with Gasteiger partial charge in [-0.1, -0.05) is 0 Å². The van der Waals surface area contributed by atoms with E-state index in [-0.39, 0.29) is 31.6 Å². The van der Waals surface area contributed by atoms with Gasteiger partial charge in [-0.3, -0.25) is 4.79 Å². The van der Waals surface area contributed by atoms with Crippen LogP contribution in [0.15, 0.2) is 6.20 Å². The number of hydrogen-bond acceptors (Lipinski definition) is 4. The van der Waals surface area contributed by atoms with E-state index in [1.807, 2.05) is 18.9 Å². The number of rotatable bonds is 1. The molecule has 2 atom stereocenters. The van der Waals surface area contributed by atoms with Crippen LogP contribution >= 0.6 is 0 Å². The predicted molar refractivity (Wildman–Crippen MR) is 74.5 cm³/mol. The van der Waals surface area contributed by atoms with Gasteiger partial charge in [0.05, 0.1) is 24.5 Å². The highest BCUT2D eigenvalue weighted by molar-refractivity contribution is 5.81. The molecule has 1 aromatic heterocycles. The zero-order valence-electron chi connectivity index (χ0n) is 13.0. The monoisotopic (exact) mass is 332 g/mol. The van der Waals surface area contributed by atoms with Gasteiger partial charge in [-0.15, -0.1) is 0 Å². The Labute approximate surface area is 131 Å². The molecular formula is C14H19F3N4O2. The molecule has 2 aliphatic rings. The van der Waals surface area contributed by atoms with Crippen molar-refractivity contribution in [2.24, 2.45) is 0 Å². The summed E-state index contributed by atoms with van der Waals surface area (Å²) in [5.74, 6) is -1.08. The molecule has 1 fully saturated rings. The van der Waals surface area contributed by atoms with Crippen LogP contribution in [0.3, 0.4) is 0 Å². The fourth-order valence-electron chi connectivity index (χ4n) is 3.20. The molecule has 0 radical (unpaired) electrons. The highest BCUT2D eigenvalue weighted by Crippen LogP contribution is 2.30. The molecule has 128 valence electrons. The van der Waals surface area contributed by atoms with Gasteiger partial charge in [-0.25, -0.2) is 4.98 Å². The molecular weight excluding hydrogens is 313 g/mol. The Hall–Kier alpha value is -1.61. The molecule has 0 unspecified atom stereocenters. The third-order valence-electron chi connectivity index (χ3n) is 4.17. The number of amides is 1. The standard InChI is InChI=1S/C14H19F3N4O2/c1-9-6-19(2)8-11(23-9)12(22)20-3-4-21-10(7-20)5-18-13(21)14(15,16)17/h5,9,11H,3-4,6-8H2,1-2H3/t9-,11-/m1/s1. The number of hydrogen-bond donors (Lipinski definition) is 0. The third-order valence-corrected chi connectivity index (χ3v) is 4.17. The van der Waals surface area contributed by atoms with Crippen molar-refractivity contribution in [1.29, 1.82) is 0 Å². The lowest BCUT2D eigenvalue weighted by atomic mass is 10.2. The van der Waals surface area contributed by atoms with Crippen molar-refractivity contribution < 1.29 is 22.7 Å². The quantitative estimate of drug-likeness (QED) is 0.769. The van der Waals surface area contributed by atoms with Crippen molar-refractivity contribution in [2.45, 2.75) is 38.4 Å². The summed E-state index contributed by atoms with van der Waals surface area (Å²) < 4.78 is 45.4. The first-order chi connectivity index (χ1) is 10.8. The highest BCUT2D eigenvalue weighted by atomic mass is 19.4. The Morgan fingerprint density at radius 3 is 2.74 bits per heavy atom. The Kier molecular flexibility index (Phi) is 4.09. The maximum absolute atomic E-state index is 12.9. The summed E-state index contributed by atoms with van der Waals surface area (Å²) in [6.45, 7) is 3.59. The first kappa shape index (κ1) is 16.3. The number of imidazole rings is 1. The third kappa shape index (κ3) is 3.20. The number of morpholine rings is 1. The number of fused-ring (bicyclic) bond motifs is 1. The number of nitrogens with zero attached hydrogens (tertiary/aromatic N) is 4. The SMILES string of the molecule is C[C@@H]1CN(C)C[C@H](C(=O)N2CCn3c(cnc3C(F)(F)F)C2)O1. The molecule has 0 bridgehead atoms. The maximum Gasteiger partial charge on any atom is 0.449 e. The molecule has 0 spiro atoms. The molecule has 0 N–H and O–H groups in total. The number of halogens is 3. The summed E-state index contributed by atoms with van der Waals surface area (Å²) in [6.07, 6.45) is -3.90. The summed E-state index contributed by atoms with van der Waals surface area (Å²) in [4.78, 5) is 19.6. The largest absolute Gasteiger partial charge is 0.449 e. The molecule has 9 heteroatoms. The van der Waals surface area contributed by atoms with Gasteiger partial charge in [-0.2, -0.15) is 13.2 Å². The Balaban J connectivity index is 1.72. The number of carbonyl (C=O) groups is 1. The van der Waals surface area contributed by atoms with Gasteiger partial charge in [-0.05, 0) is 14.0 Å². The van der Waals surface area contributed by atoms with Crippen molar-refractivity contribution in [1.82, 2.24) is 19.4 Å². The minimum atomic E-state index is -4.48. The summed E-state index contributed by atoms with van der Waals surface area (Å²) in [5.41, 5.74) is 0.397. The van der Waals surface area contributed by atoms with Crippen LogP contribution in [0.1, 0.15) is 18.4 Å². The van der Waals surface area contributed by atoms with E-state index in [1.165, 1.54) is 6.20 Å². The molecule has 2 aliphatic heterocycles. The summed E-state index contributed by atoms with van der Waals surface area (Å²) in [7, 11) is 1.92. The molecule has 1 aromatic rings. The second-order valence-electron chi connectivity index (χ2n) is 6.14. The fraction of sp³-hybridized carbons (Fsp3) is 0.714. The van der Waals surface area contributed by atoms with Crippen molar-refractivity contribution in [3.63, 3.8) is 0 Å². The lowest BCUT2D eigenvalue weighted by Gasteiger charge is -2.37. The molecule has 6 nitrogen and oxygen atoms in total. The number of aromatic nitrogens is 2. The fourth-order valence-corrected chi connectivity index (χ4v) is 3.20. The minimum Gasteiger partial charge on any atom is -0.363 e. The van der Waals surface area contributed by atoms with E-state index in [0.717, 1.165) is 11.1 Å². The Morgan fingerprint density at radius 1 is 1.35 bits per heavy atom. The van der Waals surface area contributed by atoms with Crippen LogP contribution in [0.25, 0.3) is 0 Å². The van der Waals surface area contributed by atoms with E-state index in [1.54, 1.807) is 4.90 Å². The van der Waals surface area contributed by atoms with Gasteiger partial charge in [0.25, 0.3) is 5.91 Å². The van der Waals surface area contributed by atoms with E-state index in [2.05, 4.69) is 4.98 Å². The van der Waals surface area contributed by atoms with Gasteiger partial charge in [0.15, 0.2) is 0 Å². The van der Waals surface area contributed by atoms with Crippen molar-refractivity contribution in [3.05, 3.63) is 17.7 Å². The van der Waals surface area contributed by atoms with Crippen LogP contribution < -0.4 is 0 Å². The predicted octanol–water partition coefficient (Wildman–Crippen LogP) is 0.963. The van der Waals surface area contributed by atoms with E-state index < -0.39 is 18.1 Å². The normalized spacial score (nSPS) is 26.2. The van der Waals surface area contributed by atoms with E-state index >= 15 is 0 Å². The van der Waals surface area contributed by atoms with E-state index in [9.17, 15) is 18.0 Å². The van der Waals surface area contributed by atoms with Crippen LogP contribution in [0, 0.1) is 0 Å². The van der Waals surface area contributed by atoms with Gasteiger partial charge in [0.2, 0.25) is 5.82 Å². The van der Waals surface area contributed by atoms with Crippen LogP contribution in [0.2, 0.25) is 0 Å². The lowest BCUT2D eigenvalue weighted by Crippen LogP contribution is -2.53. The summed E-state index contributed by atoms with van der Waals surface area (Å²) in [6, 6.07) is 0. The van der Waals surface area contributed by atoms with Gasteiger partial charge >= 0.3 is 6.18 Å². The number of likely N-dealkylation sites (N-methyl/N-ethyl adjacent to an activating group) is 1. The molecule has 1 amide bonds. The second kappa shape index (κ2) is 5.79. The topological polar surface area (TPSA) is 50.6 Å². The lowest BCUT2D eigenvalue weighted by molar-refractivity contribution is -0.157. The molecule has 0 saturated carbocycles. The van der Waals surface area contributed by atoms with E-state index in [4.69, 9.17) is 4.74 Å². The van der Waals surface area contributed by atoms with Gasteiger partial charge in [0.1, 0.15) is 6.10 Å². The first-order valence-electron chi connectivity index (χ1n) is 7.50. The van der Waals surface area contributed by atoms with Crippen molar-refractivity contribution in [3.8, 4) is 0 Å². The zero-order valence-corrected chi connectivity index (χ0v) is 13.0. The zero-order chi connectivity index (χ0) is 16.8. The van der Waals surface area contributed by atoms with Gasteiger partial charge in [0, 0.05) is 26.2 Å². The second-order valence-corrected chi connectivity index (χ2v) is 6.14. The maximum atomic E-state index is 12.9. The van der Waals surface area contributed by atoms with Crippen LogP contribution in [-0.4, -0.2) is 64.1 Å². The molecule has 0 aliphatic carbocycles. The number of carbonyl (C=O) groups excluding carboxylic acids is 1. The minimum absolute atomic E-state index is 0.0464. The van der Waals surface area contributed by atoms with Gasteiger partial charge < -0.3 is 19.1 Å². The Bertz CT molecular complexity index is 591. The molecule has 0 aromatic carbocycles. The van der Waals surface area contributed by atoms with E-state index in [0.29, 0.717) is 12.2 Å². The Morgan fingerprint density at radius 2 is 2.09 bits per heavy atom. The summed E-state index contributed by atoms with van der Waals surface area (Å²) in [5, 5.41) is 0. The highest BCUT2D eigenvalue weighted by Gasteiger charge is 2.39. The molecule has 1 saturated heterocycles. The summed E-state index contributed by atoms with van der Waals surface area (Å²) >= 11 is 0. The van der Waals surface area contributed by atoms with Crippen LogP contribution in [0.5, 0.6) is 0 Å². The smallest absolute Gasteiger partial charge is 0.363 e. The molecule has 3 rings (SSSR count). The molecule has 3 heterocycles. The van der Waals surface area contributed by atoms with Crippen LogP contribution in [0.4, 0.5) is 13.2 Å². The molecule has 23 heavy (non-hydrogen) atoms. The average Bonchev–Trinajstić information content (AvgIpc) is 2.88. The van der Waals surface area contributed by atoms with Crippen LogP contribution in [-0.2, 0) is 28.8 Å².